The Morgan fingerprint density at radius 2 is 0.507 bits per heavy atom. The van der Waals surface area contributed by atoms with Crippen molar-refractivity contribution in [2.75, 3.05) is 13.2 Å². The van der Waals surface area contributed by atoms with Crippen molar-refractivity contribution in [1.82, 2.24) is 0 Å². The van der Waals surface area contributed by atoms with E-state index in [1.165, 1.54) is 244 Å². The molecule has 0 bridgehead atoms. The maximum absolute atomic E-state index is 12.9. The van der Waals surface area contributed by atoms with Crippen LogP contribution in [0.5, 0.6) is 0 Å². The van der Waals surface area contributed by atoms with Crippen molar-refractivity contribution in [3.8, 4) is 0 Å². The number of unbranched alkanes of at least 4 members (excludes halogenated alkanes) is 40. The van der Waals surface area contributed by atoms with Crippen LogP contribution in [0.25, 0.3) is 0 Å². The highest BCUT2D eigenvalue weighted by Crippen LogP contribution is 2.19. The highest BCUT2D eigenvalue weighted by molar-refractivity contribution is 5.71. The average molecular weight is 976 g/mol. The van der Waals surface area contributed by atoms with E-state index in [4.69, 9.17) is 14.2 Å². The summed E-state index contributed by atoms with van der Waals surface area (Å²) >= 11 is 0. The van der Waals surface area contributed by atoms with E-state index in [-0.39, 0.29) is 31.1 Å². The molecule has 2 unspecified atom stereocenters. The molecule has 410 valence electrons. The van der Waals surface area contributed by atoms with Gasteiger partial charge in [0.05, 0.1) is 0 Å². The van der Waals surface area contributed by atoms with Gasteiger partial charge in [-0.1, -0.05) is 317 Å². The molecule has 0 heterocycles. The van der Waals surface area contributed by atoms with Gasteiger partial charge in [-0.15, -0.1) is 0 Å². The molecule has 0 aliphatic rings. The van der Waals surface area contributed by atoms with Crippen LogP contribution in [0.1, 0.15) is 356 Å². The smallest absolute Gasteiger partial charge is 0.306 e. The van der Waals surface area contributed by atoms with E-state index in [1.807, 2.05) is 0 Å². The second-order valence-corrected chi connectivity index (χ2v) is 22.2. The largest absolute Gasteiger partial charge is 0.462 e. The van der Waals surface area contributed by atoms with Gasteiger partial charge in [0.1, 0.15) is 13.2 Å². The van der Waals surface area contributed by atoms with Crippen molar-refractivity contribution >= 4 is 17.9 Å². The van der Waals surface area contributed by atoms with Gasteiger partial charge in [-0.3, -0.25) is 14.4 Å². The minimum atomic E-state index is -0.764. The fourth-order valence-electron chi connectivity index (χ4n) is 9.69. The average Bonchev–Trinajstić information content (AvgIpc) is 3.35. The zero-order valence-electron chi connectivity index (χ0n) is 47.5. The van der Waals surface area contributed by atoms with E-state index in [0.717, 1.165) is 69.6 Å². The van der Waals surface area contributed by atoms with Crippen LogP contribution in [0.2, 0.25) is 0 Å². The molecule has 69 heavy (non-hydrogen) atoms. The monoisotopic (exact) mass is 975 g/mol. The summed E-state index contributed by atoms with van der Waals surface area (Å²) in [6.07, 6.45) is 60.9. The molecule has 0 aromatic carbocycles. The lowest BCUT2D eigenvalue weighted by Gasteiger charge is -2.18. The summed E-state index contributed by atoms with van der Waals surface area (Å²) in [5, 5.41) is 0. The summed E-state index contributed by atoms with van der Waals surface area (Å²) < 4.78 is 16.9. The van der Waals surface area contributed by atoms with Crippen LogP contribution in [0, 0.1) is 11.8 Å². The lowest BCUT2D eigenvalue weighted by atomic mass is 9.99. The first-order valence-corrected chi connectivity index (χ1v) is 31.3. The van der Waals surface area contributed by atoms with Crippen LogP contribution in [0.3, 0.4) is 0 Å². The second-order valence-electron chi connectivity index (χ2n) is 22.2. The third kappa shape index (κ3) is 54.0. The summed E-state index contributed by atoms with van der Waals surface area (Å²) in [6, 6.07) is 0. The van der Waals surface area contributed by atoms with E-state index in [1.54, 1.807) is 0 Å². The summed E-state index contributed by atoms with van der Waals surface area (Å²) in [7, 11) is 0. The molecule has 0 aromatic rings. The molecule has 0 aliphatic carbocycles. The maximum atomic E-state index is 12.9. The van der Waals surface area contributed by atoms with E-state index >= 15 is 0 Å². The molecule has 6 heteroatoms. The number of carbonyl (C=O) groups excluding carboxylic acids is 3. The van der Waals surface area contributed by atoms with Crippen molar-refractivity contribution in [3.05, 3.63) is 0 Å². The normalized spacial score (nSPS) is 12.8. The molecule has 0 fully saturated rings. The molecule has 0 amide bonds. The van der Waals surface area contributed by atoms with Crippen molar-refractivity contribution in [2.24, 2.45) is 11.8 Å². The molecule has 0 radical (unpaired) electrons. The lowest BCUT2D eigenvalue weighted by Crippen LogP contribution is -2.30. The minimum absolute atomic E-state index is 0.0624. The lowest BCUT2D eigenvalue weighted by molar-refractivity contribution is -0.167. The summed E-state index contributed by atoms with van der Waals surface area (Å²) in [6.45, 7) is 11.5. The van der Waals surface area contributed by atoms with Gasteiger partial charge in [0.2, 0.25) is 0 Å². The van der Waals surface area contributed by atoms with Gasteiger partial charge in [0.25, 0.3) is 0 Å². The Balaban J connectivity index is 4.28. The van der Waals surface area contributed by atoms with Gasteiger partial charge in [-0.25, -0.2) is 0 Å². The highest BCUT2D eigenvalue weighted by Gasteiger charge is 2.19. The topological polar surface area (TPSA) is 78.9 Å². The predicted molar refractivity (Wildman–Crippen MR) is 298 cm³/mol. The van der Waals surface area contributed by atoms with Gasteiger partial charge in [-0.05, 0) is 31.1 Å². The Morgan fingerprint density at radius 3 is 0.754 bits per heavy atom. The Bertz CT molecular complexity index is 1060. The third-order valence-electron chi connectivity index (χ3n) is 15.2. The van der Waals surface area contributed by atoms with Gasteiger partial charge in [-0.2, -0.15) is 0 Å². The van der Waals surface area contributed by atoms with Gasteiger partial charge >= 0.3 is 17.9 Å². The molecule has 6 nitrogen and oxygen atoms in total. The number of hydrogen-bond donors (Lipinski definition) is 0. The quantitative estimate of drug-likeness (QED) is 0.0343. The maximum Gasteiger partial charge on any atom is 0.306 e. The molecule has 0 rings (SSSR count). The van der Waals surface area contributed by atoms with Crippen molar-refractivity contribution < 1.29 is 28.6 Å². The number of hydrogen-bond acceptors (Lipinski definition) is 6. The van der Waals surface area contributed by atoms with Crippen molar-refractivity contribution in [3.63, 3.8) is 0 Å². The predicted octanol–water partition coefficient (Wildman–Crippen LogP) is 20.8. The first kappa shape index (κ1) is 67.4. The zero-order chi connectivity index (χ0) is 50.4. The zero-order valence-corrected chi connectivity index (χ0v) is 47.5. The Labute approximate surface area is 431 Å². The molecule has 0 N–H and O–H groups in total. The third-order valence-corrected chi connectivity index (χ3v) is 15.2. The molecular weight excluding hydrogens is 853 g/mol. The fourth-order valence-corrected chi connectivity index (χ4v) is 9.69. The van der Waals surface area contributed by atoms with Gasteiger partial charge in [0.15, 0.2) is 6.10 Å². The molecule has 0 saturated heterocycles. The Hall–Kier alpha value is -1.59. The van der Waals surface area contributed by atoms with Crippen molar-refractivity contribution in [2.45, 2.75) is 362 Å². The highest BCUT2D eigenvalue weighted by atomic mass is 16.6. The van der Waals surface area contributed by atoms with Gasteiger partial charge < -0.3 is 14.2 Å². The molecular formula is C63H122O6. The molecule has 0 aromatic heterocycles. The first-order valence-electron chi connectivity index (χ1n) is 31.3. The van der Waals surface area contributed by atoms with E-state index in [9.17, 15) is 14.4 Å². The second kappa shape index (κ2) is 55.7. The van der Waals surface area contributed by atoms with Crippen LogP contribution in [0.15, 0.2) is 0 Å². The summed E-state index contributed by atoms with van der Waals surface area (Å²) in [5.41, 5.74) is 0. The SMILES string of the molecule is CCCCCCCCCCCCCCCCCCCCCC(=O)OC[C@H](COC(=O)CCCCCCCCCCCCCCCCC(C)CC)OC(=O)CCCCCCCCCCCCC(C)CC. The van der Waals surface area contributed by atoms with Crippen LogP contribution < -0.4 is 0 Å². The molecule has 0 aliphatic heterocycles. The molecule has 0 saturated carbocycles. The Kier molecular flexibility index (Phi) is 54.4. The van der Waals surface area contributed by atoms with Crippen molar-refractivity contribution in [1.29, 1.82) is 0 Å². The standard InChI is InChI=1S/C63H122O6/c1-6-9-10-11-12-13-14-15-16-17-18-19-20-24-27-33-38-43-48-53-61(64)67-56-60(69-63(66)55-50-45-40-35-30-29-32-37-42-47-52-59(5)8-3)57-68-62(65)54-49-44-39-34-28-25-22-21-23-26-31-36-41-46-51-58(4)7-2/h58-60H,6-57H2,1-5H3/t58?,59?,60-/m1/s1. The summed E-state index contributed by atoms with van der Waals surface area (Å²) in [5.74, 6) is 0.928. The first-order chi connectivity index (χ1) is 33.8. The number of carbonyl (C=O) groups is 3. The number of ether oxygens (including phenoxy) is 3. The van der Waals surface area contributed by atoms with Crippen LogP contribution in [-0.2, 0) is 28.6 Å². The molecule has 0 spiro atoms. The number of rotatable bonds is 57. The van der Waals surface area contributed by atoms with E-state index in [0.29, 0.717) is 19.3 Å². The summed E-state index contributed by atoms with van der Waals surface area (Å²) in [4.78, 5) is 38.3. The van der Waals surface area contributed by atoms with E-state index < -0.39 is 6.10 Å². The van der Waals surface area contributed by atoms with Crippen LogP contribution in [0.4, 0.5) is 0 Å². The van der Waals surface area contributed by atoms with E-state index in [2.05, 4.69) is 34.6 Å². The molecule has 3 atom stereocenters. The minimum Gasteiger partial charge on any atom is -0.462 e. The fraction of sp³-hybridized carbons (Fsp3) is 0.952. The van der Waals surface area contributed by atoms with Gasteiger partial charge in [0, 0.05) is 19.3 Å². The Morgan fingerprint density at radius 1 is 0.290 bits per heavy atom. The van der Waals surface area contributed by atoms with Crippen LogP contribution in [-0.4, -0.2) is 37.2 Å². The number of esters is 3. The van der Waals surface area contributed by atoms with Crippen LogP contribution >= 0.6 is 0 Å².